The topological polar surface area (TPSA) is 59.9 Å². The smallest absolute Gasteiger partial charge is 0.117 e. The minimum absolute atomic E-state index is 0.236. The van der Waals surface area contributed by atoms with Crippen LogP contribution in [-0.4, -0.2) is 30.0 Å². The molecule has 15 heavy (non-hydrogen) atoms. The van der Waals surface area contributed by atoms with Crippen LogP contribution in [0.3, 0.4) is 0 Å². The van der Waals surface area contributed by atoms with Crippen LogP contribution in [-0.2, 0) is 0 Å². The number of nitrogens with one attached hydrogen (secondary N) is 2. The summed E-state index contributed by atoms with van der Waals surface area (Å²) in [5.74, 6) is 0.236. The summed E-state index contributed by atoms with van der Waals surface area (Å²) in [4.78, 5) is 0. The van der Waals surface area contributed by atoms with Gasteiger partial charge >= 0.3 is 0 Å². The average Bonchev–Trinajstić information content (AvgIpc) is 2.71. The molecular formula is C10H14N4O. The molecule has 5 nitrogen and oxygen atoms in total. The Bertz CT molecular complexity index is 378. The second-order valence-electron chi connectivity index (χ2n) is 3.30. The van der Waals surface area contributed by atoms with Gasteiger partial charge in [-0.1, -0.05) is 0 Å². The lowest BCUT2D eigenvalue weighted by atomic mass is 10.2. The molecule has 5 heteroatoms. The molecule has 3 N–H and O–H groups in total. The Morgan fingerprint density at radius 1 is 1.40 bits per heavy atom. The number of phenols is 1. The molecule has 80 valence electrons. The molecule has 0 bridgehead atoms. The average molecular weight is 206 g/mol. The summed E-state index contributed by atoms with van der Waals surface area (Å²) >= 11 is 0. The Kier molecular flexibility index (Phi) is 2.62. The van der Waals surface area contributed by atoms with E-state index in [1.807, 2.05) is 19.3 Å². The van der Waals surface area contributed by atoms with Crippen molar-refractivity contribution in [2.75, 3.05) is 24.3 Å². The summed E-state index contributed by atoms with van der Waals surface area (Å²) in [6.07, 6.45) is 2.80. The maximum atomic E-state index is 9.38. The van der Waals surface area contributed by atoms with Crippen LogP contribution in [0.5, 0.6) is 5.75 Å². The Balaban J connectivity index is 2.17. The summed E-state index contributed by atoms with van der Waals surface area (Å²) in [5, 5.41) is 18.3. The van der Waals surface area contributed by atoms with Crippen LogP contribution in [0.1, 0.15) is 6.42 Å². The number of hydrazine groups is 1. The molecule has 0 saturated heterocycles. The van der Waals surface area contributed by atoms with Gasteiger partial charge in [-0.2, -0.15) is 5.10 Å². The number of rotatable bonds is 3. The van der Waals surface area contributed by atoms with Crippen LogP contribution in [0.2, 0.25) is 0 Å². The van der Waals surface area contributed by atoms with E-state index in [9.17, 15) is 5.11 Å². The standard InChI is InChI=1S/C10H14N4O/c1-11-9-4-3-8(15)7-10(9)13-14-6-2-5-12-14/h3-5,7,11,13,15H,2,6H2,1H3. The van der Waals surface area contributed by atoms with Gasteiger partial charge in [0.25, 0.3) is 0 Å². The molecule has 0 atom stereocenters. The van der Waals surface area contributed by atoms with E-state index < -0.39 is 0 Å². The van der Waals surface area contributed by atoms with Gasteiger partial charge in [-0.15, -0.1) is 0 Å². The van der Waals surface area contributed by atoms with E-state index in [2.05, 4.69) is 15.8 Å². The minimum atomic E-state index is 0.236. The van der Waals surface area contributed by atoms with Gasteiger partial charge in [0.2, 0.25) is 0 Å². The molecule has 0 aliphatic carbocycles. The summed E-state index contributed by atoms with van der Waals surface area (Å²) in [7, 11) is 1.84. The SMILES string of the molecule is CNc1ccc(O)cc1NN1CCC=N1. The molecule has 1 aliphatic rings. The summed E-state index contributed by atoms with van der Waals surface area (Å²) in [6, 6.07) is 5.13. The van der Waals surface area contributed by atoms with Gasteiger partial charge in [0, 0.05) is 25.7 Å². The maximum Gasteiger partial charge on any atom is 0.117 e. The van der Waals surface area contributed by atoms with Crippen LogP contribution < -0.4 is 10.7 Å². The number of benzene rings is 1. The number of aromatic hydroxyl groups is 1. The number of phenolic OH excluding ortho intramolecular Hbond substituents is 1. The van der Waals surface area contributed by atoms with Gasteiger partial charge in [-0.3, -0.25) is 5.43 Å². The Labute approximate surface area is 88.4 Å². The largest absolute Gasteiger partial charge is 0.508 e. The first-order chi connectivity index (χ1) is 7.29. The van der Waals surface area contributed by atoms with Crippen molar-refractivity contribution in [1.29, 1.82) is 0 Å². The van der Waals surface area contributed by atoms with Crippen molar-refractivity contribution in [2.24, 2.45) is 5.10 Å². The fraction of sp³-hybridized carbons (Fsp3) is 0.300. The third kappa shape index (κ3) is 2.12. The molecule has 0 unspecified atom stereocenters. The third-order valence-corrected chi connectivity index (χ3v) is 2.21. The van der Waals surface area contributed by atoms with E-state index in [4.69, 9.17) is 0 Å². The first kappa shape index (κ1) is 9.64. The molecule has 1 aromatic rings. The van der Waals surface area contributed by atoms with E-state index in [0.29, 0.717) is 0 Å². The third-order valence-electron chi connectivity index (χ3n) is 2.21. The molecular weight excluding hydrogens is 192 g/mol. The van der Waals surface area contributed by atoms with Crippen molar-refractivity contribution in [3.63, 3.8) is 0 Å². The number of nitrogens with zero attached hydrogens (tertiary/aromatic N) is 2. The number of hydrogen-bond acceptors (Lipinski definition) is 5. The fourth-order valence-electron chi connectivity index (χ4n) is 1.46. The highest BCUT2D eigenvalue weighted by Gasteiger charge is 2.08. The zero-order valence-electron chi connectivity index (χ0n) is 8.57. The van der Waals surface area contributed by atoms with Crippen LogP contribution >= 0.6 is 0 Å². The van der Waals surface area contributed by atoms with E-state index >= 15 is 0 Å². The van der Waals surface area contributed by atoms with Crippen molar-refractivity contribution < 1.29 is 5.11 Å². The second kappa shape index (κ2) is 4.08. The second-order valence-corrected chi connectivity index (χ2v) is 3.30. The van der Waals surface area contributed by atoms with Crippen molar-refractivity contribution in [2.45, 2.75) is 6.42 Å². The lowest BCUT2D eigenvalue weighted by Gasteiger charge is -2.19. The van der Waals surface area contributed by atoms with Gasteiger partial charge in [0.1, 0.15) is 5.75 Å². The monoisotopic (exact) mass is 206 g/mol. The highest BCUT2D eigenvalue weighted by Crippen LogP contribution is 2.26. The molecule has 0 saturated carbocycles. The highest BCUT2D eigenvalue weighted by molar-refractivity contribution is 5.70. The normalized spacial score (nSPS) is 14.3. The van der Waals surface area contributed by atoms with Gasteiger partial charge in [0.15, 0.2) is 0 Å². The number of hydrazone groups is 1. The molecule has 1 aromatic carbocycles. The fourth-order valence-corrected chi connectivity index (χ4v) is 1.46. The van der Waals surface area contributed by atoms with E-state index in [1.165, 1.54) is 0 Å². The predicted octanol–water partition coefficient (Wildman–Crippen LogP) is 1.45. The van der Waals surface area contributed by atoms with Crippen molar-refractivity contribution >= 4 is 17.6 Å². The molecule has 0 aromatic heterocycles. The van der Waals surface area contributed by atoms with Crippen molar-refractivity contribution in [1.82, 2.24) is 5.12 Å². The lowest BCUT2D eigenvalue weighted by molar-refractivity contribution is 0.386. The Morgan fingerprint density at radius 2 is 2.27 bits per heavy atom. The van der Waals surface area contributed by atoms with Crippen molar-refractivity contribution in [3.05, 3.63) is 18.2 Å². The molecule has 0 spiro atoms. The van der Waals surface area contributed by atoms with Gasteiger partial charge in [-0.05, 0) is 12.1 Å². The van der Waals surface area contributed by atoms with Crippen LogP contribution in [0.4, 0.5) is 11.4 Å². The predicted molar refractivity (Wildman–Crippen MR) is 61.1 cm³/mol. The van der Waals surface area contributed by atoms with Gasteiger partial charge in [0.05, 0.1) is 17.9 Å². The van der Waals surface area contributed by atoms with Crippen LogP contribution in [0.15, 0.2) is 23.3 Å². The van der Waals surface area contributed by atoms with E-state index in [1.54, 1.807) is 17.3 Å². The molecule has 1 heterocycles. The number of anilines is 2. The minimum Gasteiger partial charge on any atom is -0.508 e. The summed E-state index contributed by atoms with van der Waals surface area (Å²) in [6.45, 7) is 0.846. The summed E-state index contributed by atoms with van der Waals surface area (Å²) in [5.41, 5.74) is 4.86. The Morgan fingerprint density at radius 3 is 2.93 bits per heavy atom. The molecule has 0 fully saturated rings. The van der Waals surface area contributed by atoms with Gasteiger partial charge in [-0.25, -0.2) is 5.12 Å². The molecule has 1 aliphatic heterocycles. The maximum absolute atomic E-state index is 9.38. The zero-order valence-corrected chi connectivity index (χ0v) is 8.57. The van der Waals surface area contributed by atoms with Gasteiger partial charge < -0.3 is 10.4 Å². The number of hydrogen-bond donors (Lipinski definition) is 3. The van der Waals surface area contributed by atoms with E-state index in [0.717, 1.165) is 24.3 Å². The molecule has 2 rings (SSSR count). The summed E-state index contributed by atoms with van der Waals surface area (Å²) < 4.78 is 0. The zero-order chi connectivity index (χ0) is 10.7. The van der Waals surface area contributed by atoms with Crippen LogP contribution in [0.25, 0.3) is 0 Å². The Hall–Kier alpha value is -1.91. The lowest BCUT2D eigenvalue weighted by Crippen LogP contribution is -2.22. The van der Waals surface area contributed by atoms with E-state index in [-0.39, 0.29) is 5.75 Å². The first-order valence-corrected chi connectivity index (χ1v) is 4.87. The molecule has 0 radical (unpaired) electrons. The molecule has 0 amide bonds. The highest BCUT2D eigenvalue weighted by atomic mass is 16.3. The van der Waals surface area contributed by atoms with Crippen molar-refractivity contribution in [3.8, 4) is 5.75 Å². The first-order valence-electron chi connectivity index (χ1n) is 4.87. The quantitative estimate of drug-likeness (QED) is 0.655. The van der Waals surface area contributed by atoms with Crippen LogP contribution in [0, 0.1) is 0 Å².